The molecule has 3 heterocycles. The van der Waals surface area contributed by atoms with E-state index in [1.165, 1.54) is 12.1 Å². The number of likely N-dealkylation sites (tertiary alicyclic amines) is 1. The summed E-state index contributed by atoms with van der Waals surface area (Å²) in [4.78, 5) is 51.3. The number of benzene rings is 1. The number of amides is 3. The van der Waals surface area contributed by atoms with Gasteiger partial charge in [0.25, 0.3) is 16.8 Å². The van der Waals surface area contributed by atoms with E-state index in [4.69, 9.17) is 4.42 Å². The van der Waals surface area contributed by atoms with Crippen molar-refractivity contribution >= 4 is 40.6 Å². The van der Waals surface area contributed by atoms with E-state index in [0.717, 1.165) is 41.5 Å². The molecule has 0 aliphatic carbocycles. The highest BCUT2D eigenvalue weighted by molar-refractivity contribution is 8.18. The standard InChI is InChI=1S/C23H23N3O6S/c1-14-10-16(11-18(15(14)2)26(30)31)19-7-6-17(32-19)12-20-22(28)25(23(29)33-20)13-21(27)24-8-4-3-5-9-24/h6-7,10-12H,3-5,8-9,13H2,1-2H3/b20-12-. The zero-order chi connectivity index (χ0) is 23.7. The fraction of sp³-hybridized carbons (Fsp3) is 0.348. The van der Waals surface area contributed by atoms with Gasteiger partial charge in [0.15, 0.2) is 0 Å². The van der Waals surface area contributed by atoms with Crippen molar-refractivity contribution in [2.24, 2.45) is 0 Å². The lowest BCUT2D eigenvalue weighted by atomic mass is 10.0. The van der Waals surface area contributed by atoms with Crippen LogP contribution in [-0.2, 0) is 9.59 Å². The van der Waals surface area contributed by atoms with Crippen molar-refractivity contribution in [1.82, 2.24) is 9.80 Å². The van der Waals surface area contributed by atoms with Crippen LogP contribution >= 0.6 is 11.8 Å². The van der Waals surface area contributed by atoms with E-state index in [9.17, 15) is 24.5 Å². The molecule has 0 atom stereocenters. The number of piperidine rings is 1. The molecule has 1 aromatic heterocycles. The van der Waals surface area contributed by atoms with E-state index in [-0.39, 0.29) is 23.0 Å². The maximum Gasteiger partial charge on any atom is 0.294 e. The van der Waals surface area contributed by atoms with E-state index in [1.54, 1.807) is 36.9 Å². The Labute approximate surface area is 194 Å². The van der Waals surface area contributed by atoms with E-state index in [0.29, 0.717) is 35.7 Å². The minimum Gasteiger partial charge on any atom is -0.457 e. The van der Waals surface area contributed by atoms with Crippen LogP contribution in [0.1, 0.15) is 36.1 Å². The third-order valence-corrected chi connectivity index (χ3v) is 6.80. The van der Waals surface area contributed by atoms with Gasteiger partial charge in [-0.1, -0.05) is 0 Å². The number of carbonyl (C=O) groups is 3. The minimum atomic E-state index is -0.532. The molecule has 172 valence electrons. The third kappa shape index (κ3) is 4.70. The Hall–Kier alpha value is -3.40. The second-order valence-electron chi connectivity index (χ2n) is 8.11. The van der Waals surface area contributed by atoms with Crippen LogP contribution in [0.4, 0.5) is 10.5 Å². The first-order valence-corrected chi connectivity index (χ1v) is 11.4. The lowest BCUT2D eigenvalue weighted by molar-refractivity contribution is -0.385. The third-order valence-electron chi connectivity index (χ3n) is 5.90. The molecule has 4 rings (SSSR count). The number of furan rings is 1. The van der Waals surface area contributed by atoms with Crippen LogP contribution in [-0.4, -0.2) is 51.4 Å². The molecule has 2 aromatic rings. The van der Waals surface area contributed by atoms with Crippen LogP contribution in [0.3, 0.4) is 0 Å². The van der Waals surface area contributed by atoms with Gasteiger partial charge in [0, 0.05) is 36.4 Å². The zero-order valence-corrected chi connectivity index (χ0v) is 19.1. The maximum atomic E-state index is 12.7. The first kappa shape index (κ1) is 22.8. The summed E-state index contributed by atoms with van der Waals surface area (Å²) in [5.41, 5.74) is 1.90. The van der Waals surface area contributed by atoms with Gasteiger partial charge in [-0.3, -0.25) is 29.4 Å². The highest BCUT2D eigenvalue weighted by atomic mass is 32.2. The molecule has 2 aliphatic rings. The van der Waals surface area contributed by atoms with Gasteiger partial charge in [-0.2, -0.15) is 0 Å². The monoisotopic (exact) mass is 469 g/mol. The highest BCUT2D eigenvalue weighted by Crippen LogP contribution is 2.35. The molecule has 0 N–H and O–H groups in total. The van der Waals surface area contributed by atoms with Crippen LogP contribution in [0.5, 0.6) is 0 Å². The van der Waals surface area contributed by atoms with Crippen LogP contribution in [0.2, 0.25) is 0 Å². The molecule has 10 heteroatoms. The van der Waals surface area contributed by atoms with Gasteiger partial charge in [-0.25, -0.2) is 0 Å². The minimum absolute atomic E-state index is 0.00226. The SMILES string of the molecule is Cc1cc(-c2ccc(/C=C3\SC(=O)N(CC(=O)N4CCCCC4)C3=O)o2)cc([N+](=O)[O-])c1C. The zero-order valence-electron chi connectivity index (χ0n) is 18.3. The smallest absolute Gasteiger partial charge is 0.294 e. The quantitative estimate of drug-likeness (QED) is 0.359. The van der Waals surface area contributed by atoms with Gasteiger partial charge < -0.3 is 9.32 Å². The molecule has 2 saturated heterocycles. The second-order valence-corrected chi connectivity index (χ2v) is 9.10. The van der Waals surface area contributed by atoms with E-state index in [1.807, 2.05) is 0 Å². The Balaban J connectivity index is 1.51. The fourth-order valence-corrected chi connectivity index (χ4v) is 4.72. The number of imide groups is 1. The number of rotatable bonds is 5. The number of nitro benzene ring substituents is 1. The Morgan fingerprint density at radius 2 is 1.91 bits per heavy atom. The summed E-state index contributed by atoms with van der Waals surface area (Å²) in [6.45, 7) is 4.51. The van der Waals surface area contributed by atoms with Crippen LogP contribution < -0.4 is 0 Å². The fourth-order valence-electron chi connectivity index (χ4n) is 3.90. The molecule has 0 spiro atoms. The first-order chi connectivity index (χ1) is 15.7. The Morgan fingerprint density at radius 1 is 1.18 bits per heavy atom. The van der Waals surface area contributed by atoms with Gasteiger partial charge in [0.05, 0.1) is 9.83 Å². The molecular formula is C23H23N3O6S. The lowest BCUT2D eigenvalue weighted by Gasteiger charge is -2.27. The Bertz CT molecular complexity index is 1180. The number of hydrogen-bond acceptors (Lipinski definition) is 7. The van der Waals surface area contributed by atoms with Gasteiger partial charge in [0.2, 0.25) is 5.91 Å². The van der Waals surface area contributed by atoms with Crippen molar-refractivity contribution in [3.8, 4) is 11.3 Å². The van der Waals surface area contributed by atoms with Crippen LogP contribution in [0.15, 0.2) is 33.6 Å². The van der Waals surface area contributed by atoms with E-state index < -0.39 is 16.1 Å². The predicted octanol–water partition coefficient (Wildman–Crippen LogP) is 4.52. The number of hydrogen-bond donors (Lipinski definition) is 0. The molecule has 2 fully saturated rings. The molecule has 0 radical (unpaired) electrons. The number of carbonyl (C=O) groups excluding carboxylic acids is 3. The van der Waals surface area contributed by atoms with Crippen LogP contribution in [0.25, 0.3) is 17.4 Å². The summed E-state index contributed by atoms with van der Waals surface area (Å²) in [7, 11) is 0. The topological polar surface area (TPSA) is 114 Å². The lowest BCUT2D eigenvalue weighted by Crippen LogP contribution is -2.44. The number of nitro groups is 1. The van der Waals surface area contributed by atoms with E-state index >= 15 is 0 Å². The van der Waals surface area contributed by atoms with Crippen molar-refractivity contribution in [3.63, 3.8) is 0 Å². The number of thioether (sulfide) groups is 1. The second kappa shape index (κ2) is 9.22. The summed E-state index contributed by atoms with van der Waals surface area (Å²) in [6.07, 6.45) is 4.39. The van der Waals surface area contributed by atoms with E-state index in [2.05, 4.69) is 0 Å². The summed E-state index contributed by atoms with van der Waals surface area (Å²) >= 11 is 0.760. The summed E-state index contributed by atoms with van der Waals surface area (Å²) in [5.74, 6) is -0.0179. The normalized spacial score (nSPS) is 17.8. The summed E-state index contributed by atoms with van der Waals surface area (Å²) in [6, 6.07) is 6.53. The van der Waals surface area contributed by atoms with Crippen LogP contribution in [0, 0.1) is 24.0 Å². The van der Waals surface area contributed by atoms with Gasteiger partial charge in [0.1, 0.15) is 18.1 Å². The largest absolute Gasteiger partial charge is 0.457 e. The highest BCUT2D eigenvalue weighted by Gasteiger charge is 2.37. The predicted molar refractivity (Wildman–Crippen MR) is 123 cm³/mol. The van der Waals surface area contributed by atoms with Crippen molar-refractivity contribution in [2.75, 3.05) is 19.6 Å². The molecule has 0 saturated carbocycles. The average Bonchev–Trinajstić information content (AvgIpc) is 3.36. The van der Waals surface area contributed by atoms with Gasteiger partial charge >= 0.3 is 0 Å². The molecule has 33 heavy (non-hydrogen) atoms. The maximum absolute atomic E-state index is 12.7. The Kier molecular flexibility index (Phi) is 6.37. The van der Waals surface area contributed by atoms with Crippen molar-refractivity contribution < 1.29 is 23.7 Å². The molecule has 9 nitrogen and oxygen atoms in total. The van der Waals surface area contributed by atoms with Gasteiger partial charge in [-0.05, 0) is 68.6 Å². The number of nitrogens with zero attached hydrogens (tertiary/aromatic N) is 3. The molecule has 0 bridgehead atoms. The first-order valence-electron chi connectivity index (χ1n) is 10.6. The molecule has 3 amide bonds. The van der Waals surface area contributed by atoms with Gasteiger partial charge in [-0.15, -0.1) is 0 Å². The number of aryl methyl sites for hydroxylation is 1. The van der Waals surface area contributed by atoms with Crippen molar-refractivity contribution in [1.29, 1.82) is 0 Å². The molecule has 2 aliphatic heterocycles. The molecule has 1 aromatic carbocycles. The molecular weight excluding hydrogens is 446 g/mol. The van der Waals surface area contributed by atoms with Crippen molar-refractivity contribution in [3.05, 3.63) is 56.2 Å². The molecule has 0 unspecified atom stereocenters. The Morgan fingerprint density at radius 3 is 2.61 bits per heavy atom. The summed E-state index contributed by atoms with van der Waals surface area (Å²) in [5, 5.41) is 10.8. The van der Waals surface area contributed by atoms with Crippen molar-refractivity contribution in [2.45, 2.75) is 33.1 Å². The average molecular weight is 470 g/mol. The summed E-state index contributed by atoms with van der Waals surface area (Å²) < 4.78 is 5.79.